The van der Waals surface area contributed by atoms with E-state index in [0.29, 0.717) is 0 Å². The second kappa shape index (κ2) is 20.4. The third kappa shape index (κ3) is 23.6. The fourth-order valence-corrected chi connectivity index (χ4v) is 1.59. The molecule has 0 saturated heterocycles. The minimum atomic E-state index is 0.844. The highest BCUT2D eigenvalue weighted by molar-refractivity contribution is 4.44. The van der Waals surface area contributed by atoms with Gasteiger partial charge in [-0.2, -0.15) is 0 Å². The minimum absolute atomic E-state index is 0.844. The van der Waals surface area contributed by atoms with Crippen molar-refractivity contribution in [2.75, 3.05) is 13.2 Å². The van der Waals surface area contributed by atoms with Crippen LogP contribution in [0.3, 0.4) is 0 Å². The van der Waals surface area contributed by atoms with Crippen LogP contribution in [0.15, 0.2) is 0 Å². The third-order valence-electron chi connectivity index (χ3n) is 2.62. The molecular weight excluding hydrogens is 196 g/mol. The van der Waals surface area contributed by atoms with Gasteiger partial charge in [-0.15, -0.1) is 0 Å². The first-order valence-electron chi connectivity index (χ1n) is 7.41. The summed E-state index contributed by atoms with van der Waals surface area (Å²) in [5.74, 6) is 0. The van der Waals surface area contributed by atoms with Gasteiger partial charge in [0, 0.05) is 13.2 Å². The molecule has 1 nitrogen and oxygen atoms in total. The van der Waals surface area contributed by atoms with Crippen molar-refractivity contribution >= 4 is 0 Å². The van der Waals surface area contributed by atoms with Crippen molar-refractivity contribution < 1.29 is 4.74 Å². The fraction of sp³-hybridized carbons (Fsp3) is 1.00. The van der Waals surface area contributed by atoms with E-state index in [2.05, 4.69) is 13.8 Å². The highest BCUT2D eigenvalue weighted by Gasteiger charge is 1.88. The molecule has 0 saturated carbocycles. The van der Waals surface area contributed by atoms with E-state index in [1.54, 1.807) is 0 Å². The third-order valence-corrected chi connectivity index (χ3v) is 2.62. The van der Waals surface area contributed by atoms with E-state index in [-0.39, 0.29) is 0 Å². The maximum Gasteiger partial charge on any atom is 0.0437 e. The van der Waals surface area contributed by atoms with Gasteiger partial charge in [-0.3, -0.25) is 0 Å². The Hall–Kier alpha value is -0.0400. The summed E-state index contributed by atoms with van der Waals surface area (Å²) in [5.41, 5.74) is 0. The van der Waals surface area contributed by atoms with Crippen LogP contribution in [0, 0.1) is 0 Å². The summed E-state index contributed by atoms with van der Waals surface area (Å²) >= 11 is 0. The summed E-state index contributed by atoms with van der Waals surface area (Å²) in [6.45, 7) is 10.2. The van der Waals surface area contributed by atoms with Crippen LogP contribution in [0.2, 0.25) is 0 Å². The topological polar surface area (TPSA) is 9.23 Å². The summed E-state index contributed by atoms with van der Waals surface area (Å²) in [7, 11) is 0. The van der Waals surface area contributed by atoms with Crippen molar-refractivity contribution in [1.82, 2.24) is 0 Å². The van der Waals surface area contributed by atoms with Crippen LogP contribution in [0.1, 0.15) is 85.5 Å². The summed E-state index contributed by atoms with van der Waals surface area (Å²) < 4.78 is 4.83. The average Bonchev–Trinajstić information content (AvgIpc) is 2.30. The van der Waals surface area contributed by atoms with Gasteiger partial charge in [-0.05, 0) is 13.8 Å². The Bertz CT molecular complexity index is 81.4. The van der Waals surface area contributed by atoms with E-state index >= 15 is 0 Å². The Labute approximate surface area is 104 Å². The maximum atomic E-state index is 4.83. The number of ether oxygens (including phenoxy) is 1. The monoisotopic (exact) mass is 230 g/mol. The smallest absolute Gasteiger partial charge is 0.0437 e. The molecule has 0 N–H and O–H groups in total. The molecule has 0 spiro atoms. The lowest BCUT2D eigenvalue weighted by atomic mass is 10.1. The molecule has 0 aromatic carbocycles. The molecule has 0 aliphatic carbocycles. The van der Waals surface area contributed by atoms with Crippen LogP contribution < -0.4 is 0 Å². The van der Waals surface area contributed by atoms with Gasteiger partial charge >= 0.3 is 0 Å². The Morgan fingerprint density at radius 2 is 0.812 bits per heavy atom. The zero-order chi connectivity index (χ0) is 12.5. The summed E-state index contributed by atoms with van der Waals surface area (Å²) in [6, 6.07) is 0. The zero-order valence-corrected chi connectivity index (χ0v) is 12.2. The first-order chi connectivity index (χ1) is 7.83. The van der Waals surface area contributed by atoms with E-state index in [1.807, 2.05) is 13.8 Å². The Morgan fingerprint density at radius 3 is 1.00 bits per heavy atom. The van der Waals surface area contributed by atoms with Gasteiger partial charge in [-0.25, -0.2) is 0 Å². The van der Waals surface area contributed by atoms with Crippen LogP contribution >= 0.6 is 0 Å². The van der Waals surface area contributed by atoms with Crippen LogP contribution in [0.25, 0.3) is 0 Å². The van der Waals surface area contributed by atoms with E-state index < -0.39 is 0 Å². The Kier molecular flexibility index (Phi) is 23.3. The molecule has 0 bridgehead atoms. The van der Waals surface area contributed by atoms with Crippen molar-refractivity contribution in [3.05, 3.63) is 0 Å². The first kappa shape index (κ1) is 18.3. The minimum Gasteiger partial charge on any atom is -0.382 e. The molecule has 0 atom stereocenters. The molecular formula is C15H34O. The molecule has 0 unspecified atom stereocenters. The van der Waals surface area contributed by atoms with Gasteiger partial charge in [-0.1, -0.05) is 71.6 Å². The van der Waals surface area contributed by atoms with Gasteiger partial charge in [0.25, 0.3) is 0 Å². The molecule has 0 rings (SSSR count). The summed E-state index contributed by atoms with van der Waals surface area (Å²) in [5, 5.41) is 0. The number of hydrogen-bond donors (Lipinski definition) is 0. The zero-order valence-electron chi connectivity index (χ0n) is 12.2. The van der Waals surface area contributed by atoms with Crippen molar-refractivity contribution in [2.24, 2.45) is 0 Å². The van der Waals surface area contributed by atoms with Crippen LogP contribution in [-0.2, 0) is 4.74 Å². The molecule has 0 aromatic rings. The molecule has 100 valence electrons. The number of rotatable bonds is 10. The highest BCUT2D eigenvalue weighted by Crippen LogP contribution is 2.08. The Morgan fingerprint density at radius 1 is 0.500 bits per heavy atom. The quantitative estimate of drug-likeness (QED) is 0.445. The van der Waals surface area contributed by atoms with Crippen LogP contribution in [-0.4, -0.2) is 13.2 Å². The number of hydrogen-bond acceptors (Lipinski definition) is 1. The van der Waals surface area contributed by atoms with E-state index in [4.69, 9.17) is 4.74 Å². The van der Waals surface area contributed by atoms with Crippen molar-refractivity contribution in [3.8, 4) is 0 Å². The van der Waals surface area contributed by atoms with Gasteiger partial charge < -0.3 is 4.74 Å². The standard InChI is InChI=1S/C11H24.C4H10O/c1-3-5-7-9-11-10-8-6-4-2;1-3-5-4-2/h3-11H2,1-2H3;3-4H2,1-2H3. The van der Waals surface area contributed by atoms with Crippen molar-refractivity contribution in [2.45, 2.75) is 85.5 Å². The largest absolute Gasteiger partial charge is 0.382 e. The SMILES string of the molecule is CCCCCCCCCCC.CCOCC. The molecule has 1 heteroatoms. The van der Waals surface area contributed by atoms with E-state index in [0.717, 1.165) is 13.2 Å². The van der Waals surface area contributed by atoms with Crippen LogP contribution in [0.4, 0.5) is 0 Å². The van der Waals surface area contributed by atoms with Gasteiger partial charge in [0.05, 0.1) is 0 Å². The molecule has 0 aliphatic rings. The molecule has 0 radical (unpaired) electrons. The second-order valence-electron chi connectivity index (χ2n) is 4.26. The lowest BCUT2D eigenvalue weighted by Gasteiger charge is -1.98. The van der Waals surface area contributed by atoms with E-state index in [1.165, 1.54) is 57.8 Å². The van der Waals surface area contributed by atoms with Gasteiger partial charge in [0.1, 0.15) is 0 Å². The Balaban J connectivity index is 0. The molecule has 0 aromatic heterocycles. The van der Waals surface area contributed by atoms with Gasteiger partial charge in [0.15, 0.2) is 0 Å². The van der Waals surface area contributed by atoms with Crippen molar-refractivity contribution in [1.29, 1.82) is 0 Å². The molecule has 16 heavy (non-hydrogen) atoms. The highest BCUT2D eigenvalue weighted by atomic mass is 16.5. The van der Waals surface area contributed by atoms with E-state index in [9.17, 15) is 0 Å². The lowest BCUT2D eigenvalue weighted by Crippen LogP contribution is -1.84. The summed E-state index contributed by atoms with van der Waals surface area (Å²) in [6.07, 6.45) is 13.0. The van der Waals surface area contributed by atoms with Gasteiger partial charge in [0.2, 0.25) is 0 Å². The predicted octanol–water partition coefficient (Wildman–Crippen LogP) is 5.58. The predicted molar refractivity (Wildman–Crippen MR) is 75.1 cm³/mol. The van der Waals surface area contributed by atoms with Crippen LogP contribution in [0.5, 0.6) is 0 Å². The molecule has 0 fully saturated rings. The molecule has 0 heterocycles. The molecule has 0 aliphatic heterocycles. The molecule has 0 amide bonds. The number of unbranched alkanes of at least 4 members (excludes halogenated alkanes) is 8. The second-order valence-corrected chi connectivity index (χ2v) is 4.26. The maximum absolute atomic E-state index is 4.83. The lowest BCUT2D eigenvalue weighted by molar-refractivity contribution is 0.162. The first-order valence-corrected chi connectivity index (χ1v) is 7.41. The normalized spacial score (nSPS) is 9.75. The van der Waals surface area contributed by atoms with Crippen molar-refractivity contribution in [3.63, 3.8) is 0 Å². The fourth-order valence-electron chi connectivity index (χ4n) is 1.59. The summed E-state index contributed by atoms with van der Waals surface area (Å²) in [4.78, 5) is 0. The average molecular weight is 230 g/mol.